The van der Waals surface area contributed by atoms with Gasteiger partial charge in [0, 0.05) is 23.5 Å². The Morgan fingerprint density at radius 3 is 2.73 bits per heavy atom. The Morgan fingerprint density at radius 2 is 2.07 bits per heavy atom. The Bertz CT molecular complexity index is 1090. The van der Waals surface area contributed by atoms with Gasteiger partial charge in [-0.25, -0.2) is 4.98 Å². The lowest BCUT2D eigenvalue weighted by atomic mass is 10.1. The molecule has 0 bridgehead atoms. The van der Waals surface area contributed by atoms with Gasteiger partial charge in [-0.2, -0.15) is 0 Å². The average molecular weight is 430 g/mol. The third-order valence-electron chi connectivity index (χ3n) is 5.52. The molecule has 0 amide bonds. The topological polar surface area (TPSA) is 87.7 Å². The molecule has 8 heteroatoms. The van der Waals surface area contributed by atoms with Crippen LogP contribution in [-0.4, -0.2) is 52.9 Å². The van der Waals surface area contributed by atoms with Crippen LogP contribution >= 0.6 is 11.3 Å². The summed E-state index contributed by atoms with van der Waals surface area (Å²) in [6.45, 7) is 3.12. The van der Waals surface area contributed by atoms with Gasteiger partial charge in [-0.15, -0.1) is 11.3 Å². The number of aliphatic hydroxyl groups excluding tert-OH is 1. The summed E-state index contributed by atoms with van der Waals surface area (Å²) in [5, 5.41) is 12.6. The molecule has 2 aromatic heterocycles. The van der Waals surface area contributed by atoms with Crippen molar-refractivity contribution in [3.63, 3.8) is 0 Å². The molecule has 2 heterocycles. The number of methoxy groups -OCH3 is 2. The van der Waals surface area contributed by atoms with Gasteiger partial charge in [-0.3, -0.25) is 9.69 Å². The summed E-state index contributed by atoms with van der Waals surface area (Å²) in [4.78, 5) is 23.6. The fraction of sp³-hybridized carbons (Fsp3) is 0.455. The van der Waals surface area contributed by atoms with E-state index in [1.54, 1.807) is 14.2 Å². The molecule has 1 saturated carbocycles. The molecule has 30 heavy (non-hydrogen) atoms. The predicted molar refractivity (Wildman–Crippen MR) is 119 cm³/mol. The minimum atomic E-state index is -0.362. The molecule has 1 atom stereocenters. The molecule has 3 aromatic rings. The van der Waals surface area contributed by atoms with Crippen LogP contribution in [0.5, 0.6) is 11.5 Å². The number of aromatic nitrogens is 2. The van der Waals surface area contributed by atoms with Crippen LogP contribution in [0.3, 0.4) is 0 Å². The van der Waals surface area contributed by atoms with Crippen LogP contribution in [0.2, 0.25) is 0 Å². The smallest absolute Gasteiger partial charge is 0.260 e. The zero-order chi connectivity index (χ0) is 21.3. The largest absolute Gasteiger partial charge is 0.493 e. The summed E-state index contributed by atoms with van der Waals surface area (Å²) in [7, 11) is 3.19. The Hall–Kier alpha value is -2.42. The molecular weight excluding hydrogens is 402 g/mol. The second kappa shape index (κ2) is 8.75. The Kier molecular flexibility index (Phi) is 6.08. The molecule has 7 nitrogen and oxygen atoms in total. The number of hydrogen-bond donors (Lipinski definition) is 2. The van der Waals surface area contributed by atoms with Crippen molar-refractivity contribution in [3.8, 4) is 22.6 Å². The lowest BCUT2D eigenvalue weighted by Crippen LogP contribution is -2.34. The second-order valence-electron chi connectivity index (χ2n) is 7.63. The highest BCUT2D eigenvalue weighted by atomic mass is 32.1. The van der Waals surface area contributed by atoms with E-state index in [-0.39, 0.29) is 11.7 Å². The van der Waals surface area contributed by atoms with E-state index >= 15 is 0 Å². The third-order valence-corrected chi connectivity index (χ3v) is 6.39. The summed E-state index contributed by atoms with van der Waals surface area (Å²) >= 11 is 1.46. The molecule has 0 aliphatic heterocycles. The number of fused-ring (bicyclic) bond motifs is 1. The number of benzene rings is 1. The van der Waals surface area contributed by atoms with Gasteiger partial charge in [0.15, 0.2) is 11.5 Å². The van der Waals surface area contributed by atoms with Crippen LogP contribution in [0.15, 0.2) is 28.4 Å². The number of thiophene rings is 1. The summed E-state index contributed by atoms with van der Waals surface area (Å²) in [5.41, 5.74) is 1.56. The first-order chi connectivity index (χ1) is 14.5. The SMILES string of the molecule is CC[C@@H](O)CN(Cc1nc2scc(-c3ccc(OC)c(OC)c3)c2c(=O)[nH]1)C1CC1. The van der Waals surface area contributed by atoms with Crippen molar-refractivity contribution < 1.29 is 14.6 Å². The van der Waals surface area contributed by atoms with E-state index in [1.165, 1.54) is 11.3 Å². The number of hydrogen-bond acceptors (Lipinski definition) is 7. The summed E-state index contributed by atoms with van der Waals surface area (Å²) in [6, 6.07) is 6.09. The van der Waals surface area contributed by atoms with Crippen LogP contribution in [0.4, 0.5) is 0 Å². The number of H-pyrrole nitrogens is 1. The van der Waals surface area contributed by atoms with Crippen LogP contribution in [0.1, 0.15) is 32.0 Å². The summed E-state index contributed by atoms with van der Waals surface area (Å²) < 4.78 is 10.7. The van der Waals surface area contributed by atoms with Crippen LogP contribution in [0, 0.1) is 0 Å². The average Bonchev–Trinajstić information content (AvgIpc) is 3.51. The predicted octanol–water partition coefficient (Wildman–Crippen LogP) is 3.40. The van der Waals surface area contributed by atoms with E-state index in [0.717, 1.165) is 24.0 Å². The van der Waals surface area contributed by atoms with Crippen LogP contribution in [-0.2, 0) is 6.54 Å². The van der Waals surface area contributed by atoms with Gasteiger partial charge in [0.2, 0.25) is 0 Å². The van der Waals surface area contributed by atoms with Gasteiger partial charge in [-0.05, 0) is 37.0 Å². The minimum Gasteiger partial charge on any atom is -0.493 e. The first-order valence-electron chi connectivity index (χ1n) is 10.2. The van der Waals surface area contributed by atoms with E-state index < -0.39 is 0 Å². The number of nitrogens with zero attached hydrogens (tertiary/aromatic N) is 2. The molecule has 0 saturated heterocycles. The van der Waals surface area contributed by atoms with Crippen molar-refractivity contribution in [3.05, 3.63) is 39.8 Å². The maximum Gasteiger partial charge on any atom is 0.260 e. The van der Waals surface area contributed by atoms with Gasteiger partial charge in [-0.1, -0.05) is 13.0 Å². The van der Waals surface area contributed by atoms with Gasteiger partial charge < -0.3 is 19.6 Å². The summed E-state index contributed by atoms with van der Waals surface area (Å²) in [5.74, 6) is 1.90. The van der Waals surface area contributed by atoms with Crippen molar-refractivity contribution >= 4 is 21.6 Å². The quantitative estimate of drug-likeness (QED) is 0.542. The molecular formula is C22H27N3O4S. The molecule has 1 aliphatic carbocycles. The molecule has 0 unspecified atom stereocenters. The Morgan fingerprint density at radius 1 is 1.30 bits per heavy atom. The lowest BCUT2D eigenvalue weighted by Gasteiger charge is -2.23. The van der Waals surface area contributed by atoms with Gasteiger partial charge in [0.25, 0.3) is 5.56 Å². The number of aromatic amines is 1. The molecule has 4 rings (SSSR count). The van der Waals surface area contributed by atoms with Crippen molar-refractivity contribution in [1.82, 2.24) is 14.9 Å². The van der Waals surface area contributed by atoms with Crippen LogP contribution in [0.25, 0.3) is 21.3 Å². The van der Waals surface area contributed by atoms with E-state index in [9.17, 15) is 9.90 Å². The number of rotatable bonds is 9. The van der Waals surface area contributed by atoms with Crippen molar-refractivity contribution in [2.24, 2.45) is 0 Å². The minimum absolute atomic E-state index is 0.146. The van der Waals surface area contributed by atoms with Crippen molar-refractivity contribution in [2.75, 3.05) is 20.8 Å². The number of nitrogens with one attached hydrogen (secondary N) is 1. The third kappa shape index (κ3) is 4.21. The fourth-order valence-corrected chi connectivity index (χ4v) is 4.63. The molecule has 1 fully saturated rings. The summed E-state index contributed by atoms with van der Waals surface area (Å²) in [6.07, 6.45) is 2.61. The van der Waals surface area contributed by atoms with Gasteiger partial charge in [0.1, 0.15) is 10.7 Å². The maximum atomic E-state index is 13.0. The molecule has 160 valence electrons. The van der Waals surface area contributed by atoms with Gasteiger partial charge >= 0.3 is 0 Å². The van der Waals surface area contributed by atoms with Crippen LogP contribution < -0.4 is 15.0 Å². The Labute approximate surface area is 179 Å². The number of ether oxygens (including phenoxy) is 2. The molecule has 1 aromatic carbocycles. The first-order valence-corrected chi connectivity index (χ1v) is 11.1. The molecule has 0 spiro atoms. The maximum absolute atomic E-state index is 13.0. The van der Waals surface area contributed by atoms with E-state index in [0.29, 0.717) is 53.1 Å². The van der Waals surface area contributed by atoms with Crippen molar-refractivity contribution in [1.29, 1.82) is 0 Å². The second-order valence-corrected chi connectivity index (χ2v) is 8.49. The molecule has 0 radical (unpaired) electrons. The normalized spacial score (nSPS) is 15.0. The highest BCUT2D eigenvalue weighted by Gasteiger charge is 2.30. The van der Waals surface area contributed by atoms with E-state index in [4.69, 9.17) is 14.5 Å². The standard InChI is InChI=1S/C22H27N3O4S/c1-4-15(26)10-25(14-6-7-14)11-19-23-21(27)20-16(12-30-22(20)24-19)13-5-8-17(28-2)18(9-13)29-3/h5,8-9,12,14-15,26H,4,6-7,10-11H2,1-3H3,(H,23,24,27)/t15-/m1/s1. The Balaban J connectivity index is 1.66. The molecule has 2 N–H and O–H groups in total. The van der Waals surface area contributed by atoms with Crippen molar-refractivity contribution in [2.45, 2.75) is 44.9 Å². The number of aliphatic hydroxyl groups is 1. The van der Waals surface area contributed by atoms with E-state index in [1.807, 2.05) is 30.5 Å². The highest BCUT2D eigenvalue weighted by molar-refractivity contribution is 7.17. The lowest BCUT2D eigenvalue weighted by molar-refractivity contribution is 0.0995. The van der Waals surface area contributed by atoms with Gasteiger partial charge in [0.05, 0.1) is 32.3 Å². The molecule has 1 aliphatic rings. The monoisotopic (exact) mass is 429 g/mol. The zero-order valence-electron chi connectivity index (χ0n) is 17.5. The fourth-order valence-electron chi connectivity index (χ4n) is 3.66. The highest BCUT2D eigenvalue weighted by Crippen LogP contribution is 2.36. The first kappa shape index (κ1) is 20.8. The van der Waals surface area contributed by atoms with E-state index in [2.05, 4.69) is 9.88 Å². The zero-order valence-corrected chi connectivity index (χ0v) is 18.3.